The Kier molecular flexibility index (Phi) is 6.93. The van der Waals surface area contributed by atoms with Crippen LogP contribution in [0.1, 0.15) is 46.4 Å². The summed E-state index contributed by atoms with van der Waals surface area (Å²) < 4.78 is 0. The van der Waals surface area contributed by atoms with Crippen molar-refractivity contribution in [1.82, 2.24) is 4.90 Å². The Bertz CT molecular complexity index is 1150. The van der Waals surface area contributed by atoms with Crippen molar-refractivity contribution in [2.24, 2.45) is 5.73 Å². The highest BCUT2D eigenvalue weighted by molar-refractivity contribution is 6.18. The van der Waals surface area contributed by atoms with Crippen molar-refractivity contribution in [2.75, 3.05) is 13.1 Å². The average Bonchev–Trinajstić information content (AvgIpc) is 2.85. The number of hydrogen-bond acceptors (Lipinski definition) is 3. The van der Waals surface area contributed by atoms with Gasteiger partial charge in [0.2, 0.25) is 0 Å². The molecule has 4 heteroatoms. The fourth-order valence-corrected chi connectivity index (χ4v) is 4.18. The quantitative estimate of drug-likeness (QED) is 0.287. The summed E-state index contributed by atoms with van der Waals surface area (Å²) in [5.74, 6) is -0.503. The van der Waals surface area contributed by atoms with E-state index in [9.17, 15) is 9.59 Å². The predicted molar refractivity (Wildman–Crippen MR) is 131 cm³/mol. The van der Waals surface area contributed by atoms with E-state index >= 15 is 0 Å². The third-order valence-electron chi connectivity index (χ3n) is 5.87. The number of nitrogens with zero attached hydrogens (tertiary/aromatic N) is 1. The van der Waals surface area contributed by atoms with E-state index in [-0.39, 0.29) is 11.8 Å². The van der Waals surface area contributed by atoms with Gasteiger partial charge in [-0.25, -0.2) is 0 Å². The lowest BCUT2D eigenvalue weighted by atomic mass is 10.0. The molecule has 0 saturated carbocycles. The topological polar surface area (TPSA) is 63.4 Å². The van der Waals surface area contributed by atoms with E-state index in [0.29, 0.717) is 24.2 Å². The molecule has 0 spiro atoms. The van der Waals surface area contributed by atoms with E-state index in [1.807, 2.05) is 84.9 Å². The van der Waals surface area contributed by atoms with Gasteiger partial charge in [-0.1, -0.05) is 85.6 Å². The molecule has 0 fully saturated rings. The smallest absolute Gasteiger partial charge is 0.261 e. The summed E-state index contributed by atoms with van der Waals surface area (Å²) in [6.45, 7) is 1.04. The van der Waals surface area contributed by atoms with Crippen LogP contribution in [0.5, 0.6) is 0 Å². The van der Waals surface area contributed by atoms with Gasteiger partial charge in [-0.15, -0.1) is 0 Å². The van der Waals surface area contributed by atoms with Gasteiger partial charge in [-0.05, 0) is 53.1 Å². The summed E-state index contributed by atoms with van der Waals surface area (Å²) in [4.78, 5) is 28.9. The van der Waals surface area contributed by atoms with E-state index in [0.717, 1.165) is 47.2 Å². The van der Waals surface area contributed by atoms with Crippen molar-refractivity contribution in [3.05, 3.63) is 96.1 Å². The first-order chi connectivity index (χ1) is 15.7. The molecule has 4 rings (SSSR count). The number of carbonyl (C=O) groups is 2. The molecule has 2 amide bonds. The van der Waals surface area contributed by atoms with Gasteiger partial charge in [0.25, 0.3) is 11.8 Å². The number of unbranched alkanes of at least 4 members (excludes halogenated alkanes) is 3. The highest BCUT2D eigenvalue weighted by Crippen LogP contribution is 2.24. The number of nitrogens with two attached hydrogens (primary N) is 1. The van der Waals surface area contributed by atoms with E-state index in [4.69, 9.17) is 5.73 Å². The molecule has 2 N–H and O–H groups in total. The first-order valence-corrected chi connectivity index (χ1v) is 11.2. The number of benzene rings is 4. The van der Waals surface area contributed by atoms with Crippen molar-refractivity contribution in [2.45, 2.75) is 25.7 Å². The Morgan fingerprint density at radius 3 is 1.59 bits per heavy atom. The summed E-state index contributed by atoms with van der Waals surface area (Å²) in [6.07, 6.45) is 3.64. The summed E-state index contributed by atoms with van der Waals surface area (Å²) in [5.41, 5.74) is 6.71. The number of imide groups is 1. The molecule has 32 heavy (non-hydrogen) atoms. The molecular weight excluding hydrogens is 396 g/mol. The molecule has 0 aromatic heterocycles. The maximum atomic E-state index is 13.7. The molecule has 0 radical (unpaired) electrons. The molecule has 0 unspecified atom stereocenters. The highest BCUT2D eigenvalue weighted by atomic mass is 16.2. The molecule has 0 aliphatic carbocycles. The zero-order chi connectivity index (χ0) is 22.3. The maximum absolute atomic E-state index is 13.7. The number of fused-ring (bicyclic) bond motifs is 2. The minimum atomic E-state index is -0.251. The standard InChI is InChI=1S/C28H28N2O2/c29-19-7-1-2-8-20-30(27(31)25-17-9-13-21-11-3-5-15-23(21)25)28(32)26-18-10-14-22-12-4-6-16-24(22)26/h3-6,9-18H,1-2,7-8,19-20,29H2. The molecule has 162 valence electrons. The van der Waals surface area contributed by atoms with Crippen molar-refractivity contribution >= 4 is 33.4 Å². The third-order valence-corrected chi connectivity index (χ3v) is 5.87. The summed E-state index contributed by atoms with van der Waals surface area (Å²) >= 11 is 0. The van der Waals surface area contributed by atoms with Crippen LogP contribution in [0.3, 0.4) is 0 Å². The summed E-state index contributed by atoms with van der Waals surface area (Å²) in [5, 5.41) is 3.69. The van der Waals surface area contributed by atoms with Gasteiger partial charge in [0, 0.05) is 17.7 Å². The molecule has 4 nitrogen and oxygen atoms in total. The zero-order valence-corrected chi connectivity index (χ0v) is 18.2. The second kappa shape index (κ2) is 10.2. The van der Waals surface area contributed by atoms with Gasteiger partial charge in [0.05, 0.1) is 0 Å². The second-order valence-corrected chi connectivity index (χ2v) is 8.02. The molecule has 4 aromatic rings. The van der Waals surface area contributed by atoms with Crippen LogP contribution < -0.4 is 5.73 Å². The van der Waals surface area contributed by atoms with Crippen molar-refractivity contribution in [3.8, 4) is 0 Å². The van der Waals surface area contributed by atoms with Gasteiger partial charge in [0.1, 0.15) is 0 Å². The molecule has 0 saturated heterocycles. The Hall–Kier alpha value is -3.50. The fraction of sp³-hybridized carbons (Fsp3) is 0.214. The molecule has 0 heterocycles. The van der Waals surface area contributed by atoms with E-state index < -0.39 is 0 Å². The van der Waals surface area contributed by atoms with Crippen LogP contribution in [0.25, 0.3) is 21.5 Å². The van der Waals surface area contributed by atoms with Gasteiger partial charge in [0.15, 0.2) is 0 Å². The average molecular weight is 425 g/mol. The highest BCUT2D eigenvalue weighted by Gasteiger charge is 2.26. The largest absolute Gasteiger partial charge is 0.330 e. The van der Waals surface area contributed by atoms with Gasteiger partial charge >= 0.3 is 0 Å². The second-order valence-electron chi connectivity index (χ2n) is 8.02. The fourth-order valence-electron chi connectivity index (χ4n) is 4.18. The van der Waals surface area contributed by atoms with Crippen LogP contribution in [-0.4, -0.2) is 29.8 Å². The summed E-state index contributed by atoms with van der Waals surface area (Å²) in [6, 6.07) is 26.9. The Balaban J connectivity index is 1.71. The minimum Gasteiger partial charge on any atom is -0.330 e. The van der Waals surface area contributed by atoms with Crippen molar-refractivity contribution in [3.63, 3.8) is 0 Å². The van der Waals surface area contributed by atoms with E-state index in [1.54, 1.807) is 0 Å². The Morgan fingerprint density at radius 1 is 0.594 bits per heavy atom. The number of hydrogen-bond donors (Lipinski definition) is 1. The lowest BCUT2D eigenvalue weighted by molar-refractivity contribution is 0.0615. The molecule has 0 aliphatic rings. The first kappa shape index (κ1) is 21.7. The van der Waals surface area contributed by atoms with Crippen molar-refractivity contribution < 1.29 is 9.59 Å². The van der Waals surface area contributed by atoms with Crippen LogP contribution in [0.2, 0.25) is 0 Å². The predicted octanol–water partition coefficient (Wildman–Crippen LogP) is 5.79. The van der Waals surface area contributed by atoms with Crippen LogP contribution in [0.4, 0.5) is 0 Å². The van der Waals surface area contributed by atoms with Gasteiger partial charge in [-0.3, -0.25) is 14.5 Å². The third kappa shape index (κ3) is 4.56. The van der Waals surface area contributed by atoms with Crippen molar-refractivity contribution in [1.29, 1.82) is 0 Å². The number of amides is 2. The number of carbonyl (C=O) groups excluding carboxylic acids is 2. The SMILES string of the molecule is NCCCCCCN(C(=O)c1cccc2ccccc12)C(=O)c1cccc2ccccc12. The van der Waals surface area contributed by atoms with Crippen LogP contribution in [0, 0.1) is 0 Å². The van der Waals surface area contributed by atoms with E-state index in [2.05, 4.69) is 0 Å². The van der Waals surface area contributed by atoms with Gasteiger partial charge in [-0.2, -0.15) is 0 Å². The number of rotatable bonds is 8. The minimum absolute atomic E-state index is 0.251. The van der Waals surface area contributed by atoms with Crippen LogP contribution >= 0.6 is 0 Å². The maximum Gasteiger partial charge on any atom is 0.261 e. The lowest BCUT2D eigenvalue weighted by Crippen LogP contribution is -2.38. The monoisotopic (exact) mass is 424 g/mol. The molecule has 0 bridgehead atoms. The Labute approximate surface area is 188 Å². The Morgan fingerprint density at radius 2 is 1.06 bits per heavy atom. The van der Waals surface area contributed by atoms with Crippen LogP contribution in [-0.2, 0) is 0 Å². The molecular formula is C28H28N2O2. The lowest BCUT2D eigenvalue weighted by Gasteiger charge is -2.23. The summed E-state index contributed by atoms with van der Waals surface area (Å²) in [7, 11) is 0. The molecule has 0 aliphatic heterocycles. The zero-order valence-electron chi connectivity index (χ0n) is 18.2. The molecule has 0 atom stereocenters. The first-order valence-electron chi connectivity index (χ1n) is 11.2. The van der Waals surface area contributed by atoms with E-state index in [1.165, 1.54) is 4.90 Å². The normalized spacial score (nSPS) is 11.0. The van der Waals surface area contributed by atoms with Gasteiger partial charge < -0.3 is 5.73 Å². The molecule has 4 aromatic carbocycles. The van der Waals surface area contributed by atoms with Crippen LogP contribution in [0.15, 0.2) is 84.9 Å².